The first-order valence-electron chi connectivity index (χ1n) is 8.22. The van der Waals surface area contributed by atoms with Crippen molar-refractivity contribution in [3.8, 4) is 0 Å². The molecule has 3 heterocycles. The fourth-order valence-electron chi connectivity index (χ4n) is 3.38. The molecule has 2 N–H and O–H groups in total. The summed E-state index contributed by atoms with van der Waals surface area (Å²) < 4.78 is 5.56. The highest BCUT2D eigenvalue weighted by Gasteiger charge is 2.27. The molecule has 0 bridgehead atoms. The Hall–Kier alpha value is -1.53. The molecule has 6 nitrogen and oxygen atoms in total. The third kappa shape index (κ3) is 3.62. The van der Waals surface area contributed by atoms with Crippen LogP contribution < -0.4 is 5.32 Å². The number of β-amino-alcohol motifs (C(OH)–C–C–N with tert-alkyl or cyclic N) is 1. The first-order chi connectivity index (χ1) is 10.7. The van der Waals surface area contributed by atoms with Gasteiger partial charge in [0.25, 0.3) is 0 Å². The van der Waals surface area contributed by atoms with Gasteiger partial charge in [-0.05, 0) is 50.9 Å². The number of amides is 2. The Morgan fingerprint density at radius 1 is 1.36 bits per heavy atom. The Balaban J connectivity index is 1.57. The van der Waals surface area contributed by atoms with Crippen molar-refractivity contribution in [2.24, 2.45) is 0 Å². The standard InChI is InChI=1S/C16H25N3O3/c20-13-5-3-9-19(12-13)16(21)17-11-14(15-6-4-10-22-15)18-7-1-2-8-18/h4,6,10,13-14,20H,1-3,5,7-9,11-12H2,(H,17,21). The lowest BCUT2D eigenvalue weighted by molar-refractivity contribution is 0.0832. The Bertz CT molecular complexity index is 471. The van der Waals surface area contributed by atoms with Crippen LogP contribution in [0.5, 0.6) is 0 Å². The van der Waals surface area contributed by atoms with Gasteiger partial charge in [0.2, 0.25) is 0 Å². The topological polar surface area (TPSA) is 69.0 Å². The predicted octanol–water partition coefficient (Wildman–Crippen LogP) is 1.58. The van der Waals surface area contributed by atoms with Crippen molar-refractivity contribution >= 4 is 6.03 Å². The molecule has 122 valence electrons. The zero-order chi connectivity index (χ0) is 15.4. The zero-order valence-corrected chi connectivity index (χ0v) is 12.9. The molecule has 0 aromatic carbocycles. The van der Waals surface area contributed by atoms with Gasteiger partial charge in [0, 0.05) is 19.6 Å². The number of aliphatic hydroxyl groups excluding tert-OH is 1. The van der Waals surface area contributed by atoms with Crippen molar-refractivity contribution in [2.75, 3.05) is 32.7 Å². The van der Waals surface area contributed by atoms with Crippen molar-refractivity contribution < 1.29 is 14.3 Å². The van der Waals surface area contributed by atoms with Crippen molar-refractivity contribution in [1.29, 1.82) is 0 Å². The van der Waals surface area contributed by atoms with Crippen LogP contribution in [0.3, 0.4) is 0 Å². The quantitative estimate of drug-likeness (QED) is 0.886. The summed E-state index contributed by atoms with van der Waals surface area (Å²) >= 11 is 0. The minimum Gasteiger partial charge on any atom is -0.468 e. The Kier molecular flexibility index (Phi) is 5.00. The average molecular weight is 307 g/mol. The molecule has 1 aromatic heterocycles. The number of nitrogens with one attached hydrogen (secondary N) is 1. The van der Waals surface area contributed by atoms with Gasteiger partial charge in [-0.1, -0.05) is 0 Å². The van der Waals surface area contributed by atoms with E-state index in [0.29, 0.717) is 13.1 Å². The van der Waals surface area contributed by atoms with Crippen molar-refractivity contribution in [1.82, 2.24) is 15.1 Å². The zero-order valence-electron chi connectivity index (χ0n) is 12.9. The summed E-state index contributed by atoms with van der Waals surface area (Å²) in [6.45, 7) is 3.78. The van der Waals surface area contributed by atoms with Crippen molar-refractivity contribution in [3.05, 3.63) is 24.2 Å². The number of hydrogen-bond donors (Lipinski definition) is 2. The largest absolute Gasteiger partial charge is 0.468 e. The Morgan fingerprint density at radius 2 is 2.18 bits per heavy atom. The van der Waals surface area contributed by atoms with Gasteiger partial charge in [0.05, 0.1) is 18.4 Å². The molecule has 2 saturated heterocycles. The van der Waals surface area contributed by atoms with Gasteiger partial charge in [-0.25, -0.2) is 4.79 Å². The summed E-state index contributed by atoms with van der Waals surface area (Å²) in [5.74, 6) is 0.904. The molecule has 0 radical (unpaired) electrons. The van der Waals surface area contributed by atoms with Crippen LogP contribution in [0.15, 0.2) is 22.8 Å². The van der Waals surface area contributed by atoms with Crippen molar-refractivity contribution in [3.63, 3.8) is 0 Å². The molecule has 22 heavy (non-hydrogen) atoms. The number of hydrogen-bond acceptors (Lipinski definition) is 4. The molecule has 2 atom stereocenters. The average Bonchev–Trinajstić information content (AvgIpc) is 3.21. The summed E-state index contributed by atoms with van der Waals surface area (Å²) in [6, 6.07) is 3.87. The number of carbonyl (C=O) groups is 1. The van der Waals surface area contributed by atoms with Gasteiger partial charge in [-0.3, -0.25) is 4.90 Å². The fraction of sp³-hybridized carbons (Fsp3) is 0.688. The van der Waals surface area contributed by atoms with Crippen LogP contribution in [0.25, 0.3) is 0 Å². The lowest BCUT2D eigenvalue weighted by Crippen LogP contribution is -2.48. The summed E-state index contributed by atoms with van der Waals surface area (Å²) in [5, 5.41) is 12.7. The van der Waals surface area contributed by atoms with Gasteiger partial charge in [0.15, 0.2) is 0 Å². The molecule has 2 fully saturated rings. The number of urea groups is 1. The summed E-state index contributed by atoms with van der Waals surface area (Å²) in [6.07, 6.45) is 5.34. The molecule has 2 aliphatic heterocycles. The van der Waals surface area contributed by atoms with Gasteiger partial charge in [-0.2, -0.15) is 0 Å². The van der Waals surface area contributed by atoms with E-state index < -0.39 is 0 Å². The monoisotopic (exact) mass is 307 g/mol. The maximum absolute atomic E-state index is 12.3. The highest BCUT2D eigenvalue weighted by molar-refractivity contribution is 5.74. The predicted molar refractivity (Wildman–Crippen MR) is 82.5 cm³/mol. The lowest BCUT2D eigenvalue weighted by Gasteiger charge is -2.31. The highest BCUT2D eigenvalue weighted by Crippen LogP contribution is 2.25. The second kappa shape index (κ2) is 7.15. The number of aliphatic hydroxyl groups is 1. The number of nitrogens with zero attached hydrogens (tertiary/aromatic N) is 2. The number of piperidine rings is 1. The van der Waals surface area contributed by atoms with Crippen LogP contribution in [0.1, 0.15) is 37.5 Å². The molecule has 0 spiro atoms. The van der Waals surface area contributed by atoms with E-state index in [1.54, 1.807) is 11.2 Å². The van der Waals surface area contributed by atoms with E-state index in [4.69, 9.17) is 4.42 Å². The molecule has 0 aliphatic carbocycles. The van der Waals surface area contributed by atoms with E-state index in [-0.39, 0.29) is 18.2 Å². The SMILES string of the molecule is O=C(NCC(c1ccco1)N1CCCC1)N1CCCC(O)C1. The smallest absolute Gasteiger partial charge is 0.317 e. The molecule has 0 saturated carbocycles. The molecule has 2 amide bonds. The van der Waals surface area contributed by atoms with E-state index in [1.165, 1.54) is 12.8 Å². The molecule has 3 rings (SSSR count). The van der Waals surface area contributed by atoms with Crippen molar-refractivity contribution in [2.45, 2.75) is 37.8 Å². The molecule has 6 heteroatoms. The van der Waals surface area contributed by atoms with E-state index in [0.717, 1.165) is 38.2 Å². The highest BCUT2D eigenvalue weighted by atomic mass is 16.3. The molecular weight excluding hydrogens is 282 g/mol. The third-order valence-electron chi connectivity index (χ3n) is 4.58. The van der Waals surface area contributed by atoms with Crippen LogP contribution in [-0.2, 0) is 0 Å². The summed E-state index contributed by atoms with van der Waals surface area (Å²) in [7, 11) is 0. The van der Waals surface area contributed by atoms with E-state index in [9.17, 15) is 9.90 Å². The van der Waals surface area contributed by atoms with Crippen LogP contribution in [-0.4, -0.2) is 59.8 Å². The molecule has 1 aromatic rings. The lowest BCUT2D eigenvalue weighted by atomic mass is 10.1. The maximum Gasteiger partial charge on any atom is 0.317 e. The van der Waals surface area contributed by atoms with E-state index in [2.05, 4.69) is 10.2 Å². The van der Waals surface area contributed by atoms with E-state index >= 15 is 0 Å². The maximum atomic E-state index is 12.3. The first-order valence-corrected chi connectivity index (χ1v) is 8.22. The third-order valence-corrected chi connectivity index (χ3v) is 4.58. The fourth-order valence-corrected chi connectivity index (χ4v) is 3.38. The van der Waals surface area contributed by atoms with Crippen LogP contribution in [0.4, 0.5) is 4.79 Å². The number of carbonyl (C=O) groups excluding carboxylic acids is 1. The Morgan fingerprint density at radius 3 is 2.86 bits per heavy atom. The van der Waals surface area contributed by atoms with Crippen LogP contribution >= 0.6 is 0 Å². The summed E-state index contributed by atoms with van der Waals surface area (Å²) in [4.78, 5) is 16.4. The van der Waals surface area contributed by atoms with Gasteiger partial charge in [0.1, 0.15) is 5.76 Å². The minimum absolute atomic E-state index is 0.0884. The van der Waals surface area contributed by atoms with Crippen LogP contribution in [0.2, 0.25) is 0 Å². The molecule has 2 aliphatic rings. The van der Waals surface area contributed by atoms with Gasteiger partial charge < -0.3 is 19.7 Å². The van der Waals surface area contributed by atoms with Gasteiger partial charge in [-0.15, -0.1) is 0 Å². The number of likely N-dealkylation sites (tertiary alicyclic amines) is 2. The first kappa shape index (κ1) is 15.4. The van der Waals surface area contributed by atoms with Crippen LogP contribution in [0, 0.1) is 0 Å². The molecular formula is C16H25N3O3. The van der Waals surface area contributed by atoms with Gasteiger partial charge >= 0.3 is 6.03 Å². The Labute approximate surface area is 131 Å². The van der Waals surface area contributed by atoms with E-state index in [1.807, 2.05) is 12.1 Å². The second-order valence-corrected chi connectivity index (χ2v) is 6.20. The minimum atomic E-state index is -0.390. The number of furan rings is 1. The molecule has 2 unspecified atom stereocenters. The summed E-state index contributed by atoms with van der Waals surface area (Å²) in [5.41, 5.74) is 0. The number of rotatable bonds is 4. The normalized spacial score (nSPS) is 24.4. The second-order valence-electron chi connectivity index (χ2n) is 6.20.